The van der Waals surface area contributed by atoms with E-state index in [1.165, 1.54) is 4.90 Å². The molecule has 0 aliphatic heterocycles. The average Bonchev–Trinajstić information content (AvgIpc) is 2.92. The van der Waals surface area contributed by atoms with Gasteiger partial charge in [-0.3, -0.25) is 9.20 Å². The first-order chi connectivity index (χ1) is 11.0. The van der Waals surface area contributed by atoms with Gasteiger partial charge >= 0.3 is 0 Å². The van der Waals surface area contributed by atoms with Gasteiger partial charge in [0.2, 0.25) is 5.91 Å². The fourth-order valence-electron chi connectivity index (χ4n) is 1.89. The molecule has 8 nitrogen and oxygen atoms in total. The molecule has 23 heavy (non-hydrogen) atoms. The van der Waals surface area contributed by atoms with Crippen LogP contribution in [0.2, 0.25) is 0 Å². The van der Waals surface area contributed by atoms with E-state index in [4.69, 9.17) is 0 Å². The topological polar surface area (TPSA) is 86.9 Å². The van der Waals surface area contributed by atoms with Crippen LogP contribution in [-0.2, 0) is 11.3 Å². The molecule has 0 unspecified atom stereocenters. The van der Waals surface area contributed by atoms with Crippen molar-refractivity contribution in [3.63, 3.8) is 0 Å². The van der Waals surface area contributed by atoms with Crippen molar-refractivity contribution in [2.45, 2.75) is 26.4 Å². The van der Waals surface area contributed by atoms with Crippen LogP contribution in [-0.4, -0.2) is 58.0 Å². The van der Waals surface area contributed by atoms with E-state index < -0.39 is 0 Å². The lowest BCUT2D eigenvalue weighted by molar-refractivity contribution is -0.127. The standard InChI is InChI=1S/C15H23N7O/c1-11(2)18-15(17-10-14(23)21(3)4)16-9-13-20-19-12-7-5-6-8-22(12)13/h5-8,11H,9-10H2,1-4H3,(H2,16,17,18). The molecule has 2 aromatic rings. The summed E-state index contributed by atoms with van der Waals surface area (Å²) in [7, 11) is 3.44. The summed E-state index contributed by atoms with van der Waals surface area (Å²) < 4.78 is 1.89. The third-order valence-corrected chi connectivity index (χ3v) is 3.09. The molecule has 0 saturated carbocycles. The second-order valence-corrected chi connectivity index (χ2v) is 5.65. The lowest BCUT2D eigenvalue weighted by Crippen LogP contribution is -2.45. The van der Waals surface area contributed by atoms with E-state index in [0.29, 0.717) is 12.5 Å². The average molecular weight is 317 g/mol. The van der Waals surface area contributed by atoms with Gasteiger partial charge in [0.05, 0.1) is 6.54 Å². The molecular formula is C15H23N7O. The maximum absolute atomic E-state index is 11.7. The van der Waals surface area contributed by atoms with Gasteiger partial charge in [-0.25, -0.2) is 4.99 Å². The largest absolute Gasteiger partial charge is 0.354 e. The maximum atomic E-state index is 11.7. The number of fused-ring (bicyclic) bond motifs is 1. The van der Waals surface area contributed by atoms with Crippen LogP contribution >= 0.6 is 0 Å². The third kappa shape index (κ3) is 4.67. The molecule has 1 amide bonds. The first kappa shape index (κ1) is 16.7. The molecule has 2 heterocycles. The molecule has 124 valence electrons. The van der Waals surface area contributed by atoms with E-state index in [0.717, 1.165) is 11.5 Å². The van der Waals surface area contributed by atoms with E-state index >= 15 is 0 Å². The Morgan fingerprint density at radius 1 is 1.35 bits per heavy atom. The monoisotopic (exact) mass is 317 g/mol. The number of amides is 1. The minimum Gasteiger partial charge on any atom is -0.354 e. The van der Waals surface area contributed by atoms with Crippen LogP contribution in [0.1, 0.15) is 19.7 Å². The number of likely N-dealkylation sites (N-methyl/N-ethyl adjacent to an activating group) is 1. The van der Waals surface area contributed by atoms with E-state index in [2.05, 4.69) is 25.8 Å². The van der Waals surface area contributed by atoms with Gasteiger partial charge in [-0.2, -0.15) is 0 Å². The van der Waals surface area contributed by atoms with Gasteiger partial charge in [-0.15, -0.1) is 10.2 Å². The molecule has 2 aromatic heterocycles. The number of pyridine rings is 1. The summed E-state index contributed by atoms with van der Waals surface area (Å²) in [5.41, 5.74) is 0.784. The fourth-order valence-corrected chi connectivity index (χ4v) is 1.89. The summed E-state index contributed by atoms with van der Waals surface area (Å²) in [4.78, 5) is 17.7. The lowest BCUT2D eigenvalue weighted by Gasteiger charge is -2.16. The summed E-state index contributed by atoms with van der Waals surface area (Å²) >= 11 is 0. The van der Waals surface area contributed by atoms with Gasteiger partial charge in [-0.05, 0) is 26.0 Å². The Balaban J connectivity index is 2.08. The Hall–Kier alpha value is -2.64. The SMILES string of the molecule is CC(C)NC(=NCc1nnc2ccccn12)NCC(=O)N(C)C. The number of carbonyl (C=O) groups is 1. The number of guanidine groups is 1. The zero-order chi connectivity index (χ0) is 16.8. The lowest BCUT2D eigenvalue weighted by atomic mass is 10.4. The second-order valence-electron chi connectivity index (χ2n) is 5.65. The maximum Gasteiger partial charge on any atom is 0.241 e. The third-order valence-electron chi connectivity index (χ3n) is 3.09. The summed E-state index contributed by atoms with van der Waals surface area (Å²) in [6.45, 7) is 4.57. The number of rotatable bonds is 5. The first-order valence-corrected chi connectivity index (χ1v) is 7.51. The minimum absolute atomic E-state index is 0.0174. The Bertz CT molecular complexity index is 690. The molecule has 0 radical (unpaired) electrons. The van der Waals surface area contributed by atoms with Crippen LogP contribution in [0.25, 0.3) is 5.65 Å². The molecule has 0 fully saturated rings. The molecule has 0 atom stereocenters. The molecule has 0 aromatic carbocycles. The highest BCUT2D eigenvalue weighted by atomic mass is 16.2. The van der Waals surface area contributed by atoms with Crippen molar-refractivity contribution in [2.75, 3.05) is 20.6 Å². The van der Waals surface area contributed by atoms with Crippen molar-refractivity contribution in [3.05, 3.63) is 30.2 Å². The molecule has 0 bridgehead atoms. The van der Waals surface area contributed by atoms with Crippen LogP contribution in [0.3, 0.4) is 0 Å². The molecule has 0 spiro atoms. The van der Waals surface area contributed by atoms with Crippen molar-refractivity contribution in [3.8, 4) is 0 Å². The summed E-state index contributed by atoms with van der Waals surface area (Å²) in [6.07, 6.45) is 1.90. The van der Waals surface area contributed by atoms with Gasteiger partial charge in [0.25, 0.3) is 0 Å². The van der Waals surface area contributed by atoms with Crippen LogP contribution < -0.4 is 10.6 Å². The molecular weight excluding hydrogens is 294 g/mol. The predicted octanol–water partition coefficient (Wildman–Crippen LogP) is 0.261. The summed E-state index contributed by atoms with van der Waals surface area (Å²) in [5, 5.41) is 14.5. The van der Waals surface area contributed by atoms with Gasteiger partial charge in [0.1, 0.15) is 6.54 Å². The highest BCUT2D eigenvalue weighted by molar-refractivity contribution is 5.86. The van der Waals surface area contributed by atoms with Crippen molar-refractivity contribution in [1.29, 1.82) is 0 Å². The fraction of sp³-hybridized carbons (Fsp3) is 0.467. The van der Waals surface area contributed by atoms with E-state index in [9.17, 15) is 4.79 Å². The second kappa shape index (κ2) is 7.57. The van der Waals surface area contributed by atoms with Gasteiger partial charge < -0.3 is 15.5 Å². The highest BCUT2D eigenvalue weighted by Gasteiger charge is 2.08. The summed E-state index contributed by atoms with van der Waals surface area (Å²) in [5.74, 6) is 1.29. The van der Waals surface area contributed by atoms with Crippen molar-refractivity contribution in [2.24, 2.45) is 4.99 Å². The number of carbonyl (C=O) groups excluding carboxylic acids is 1. The smallest absolute Gasteiger partial charge is 0.241 e. The quantitative estimate of drug-likeness (QED) is 0.610. The first-order valence-electron chi connectivity index (χ1n) is 7.51. The van der Waals surface area contributed by atoms with Crippen molar-refractivity contribution in [1.82, 2.24) is 30.1 Å². The highest BCUT2D eigenvalue weighted by Crippen LogP contribution is 2.03. The van der Waals surface area contributed by atoms with Gasteiger partial charge in [0, 0.05) is 26.3 Å². The van der Waals surface area contributed by atoms with Crippen LogP contribution in [0, 0.1) is 0 Å². The van der Waals surface area contributed by atoms with E-state index in [1.54, 1.807) is 14.1 Å². The van der Waals surface area contributed by atoms with Crippen molar-refractivity contribution >= 4 is 17.5 Å². The molecule has 2 N–H and O–H groups in total. The van der Waals surface area contributed by atoms with Gasteiger partial charge in [0.15, 0.2) is 17.4 Å². The normalized spacial score (nSPS) is 11.8. The predicted molar refractivity (Wildman–Crippen MR) is 89.1 cm³/mol. The number of hydrogen-bond acceptors (Lipinski definition) is 4. The summed E-state index contributed by atoms with van der Waals surface area (Å²) in [6, 6.07) is 5.93. The Morgan fingerprint density at radius 3 is 2.83 bits per heavy atom. The van der Waals surface area contributed by atoms with Crippen molar-refractivity contribution < 1.29 is 4.79 Å². The Kier molecular flexibility index (Phi) is 5.51. The number of hydrogen-bond donors (Lipinski definition) is 2. The zero-order valence-electron chi connectivity index (χ0n) is 13.9. The molecule has 0 aliphatic carbocycles. The Labute approximate surface area is 135 Å². The minimum atomic E-state index is -0.0174. The van der Waals surface area contributed by atoms with Crippen LogP contribution in [0.15, 0.2) is 29.4 Å². The molecule has 0 saturated heterocycles. The molecule has 8 heteroatoms. The molecule has 2 rings (SSSR count). The van der Waals surface area contributed by atoms with E-state index in [1.807, 2.05) is 42.6 Å². The number of nitrogens with zero attached hydrogens (tertiary/aromatic N) is 5. The van der Waals surface area contributed by atoms with E-state index in [-0.39, 0.29) is 18.5 Å². The van der Waals surface area contributed by atoms with Crippen LogP contribution in [0.4, 0.5) is 0 Å². The number of nitrogens with one attached hydrogen (secondary N) is 2. The number of aromatic nitrogens is 3. The van der Waals surface area contributed by atoms with Crippen LogP contribution in [0.5, 0.6) is 0 Å². The zero-order valence-corrected chi connectivity index (χ0v) is 13.9. The molecule has 0 aliphatic rings. The van der Waals surface area contributed by atoms with Gasteiger partial charge in [-0.1, -0.05) is 6.07 Å². The Morgan fingerprint density at radius 2 is 2.13 bits per heavy atom. The number of aliphatic imine (C=N–C) groups is 1.